The number of fused-ring (bicyclic) bond motifs is 1. The summed E-state index contributed by atoms with van der Waals surface area (Å²) in [5, 5.41) is 6.95. The van der Waals surface area contributed by atoms with E-state index in [2.05, 4.69) is 10.6 Å². The molecule has 0 radical (unpaired) electrons. The smallest absolute Gasteiger partial charge is 0.232 e. The van der Waals surface area contributed by atoms with Gasteiger partial charge in [-0.25, -0.2) is 0 Å². The Morgan fingerprint density at radius 2 is 2.33 bits per heavy atom. The summed E-state index contributed by atoms with van der Waals surface area (Å²) in [5.74, 6) is 1.20. The topological polar surface area (TPSA) is 50.4 Å². The van der Waals surface area contributed by atoms with Gasteiger partial charge in [0.1, 0.15) is 5.75 Å². The van der Waals surface area contributed by atoms with E-state index in [-0.39, 0.29) is 11.3 Å². The second-order valence-electron chi connectivity index (χ2n) is 6.03. The van der Waals surface area contributed by atoms with E-state index in [1.54, 1.807) is 19.2 Å². The lowest BCUT2D eigenvalue weighted by Gasteiger charge is -2.37. The van der Waals surface area contributed by atoms with Gasteiger partial charge in [0, 0.05) is 12.2 Å². The third-order valence-corrected chi connectivity index (χ3v) is 5.20. The van der Waals surface area contributed by atoms with Gasteiger partial charge in [0.05, 0.1) is 17.5 Å². The van der Waals surface area contributed by atoms with Gasteiger partial charge in [0.2, 0.25) is 5.91 Å². The van der Waals surface area contributed by atoms with Crippen LogP contribution in [0.25, 0.3) is 0 Å². The van der Waals surface area contributed by atoms with Crippen LogP contribution in [-0.4, -0.2) is 26.1 Å². The maximum Gasteiger partial charge on any atom is 0.232 e. The van der Waals surface area contributed by atoms with Crippen molar-refractivity contribution in [2.75, 3.05) is 25.5 Å². The Bertz CT molecular complexity index is 549. The first-order chi connectivity index (χ1) is 10.2. The fraction of sp³-hybridized carbons (Fsp3) is 0.562. The van der Waals surface area contributed by atoms with Crippen LogP contribution in [0.2, 0.25) is 5.02 Å². The molecule has 1 amide bonds. The Morgan fingerprint density at radius 3 is 3.10 bits per heavy atom. The fourth-order valence-electron chi connectivity index (χ4n) is 3.69. The van der Waals surface area contributed by atoms with Crippen LogP contribution in [0.5, 0.6) is 5.75 Å². The van der Waals surface area contributed by atoms with Crippen molar-refractivity contribution >= 4 is 23.2 Å². The molecule has 1 aromatic carbocycles. The molecule has 2 atom stereocenters. The Kier molecular flexibility index (Phi) is 4.09. The molecule has 2 aliphatic rings. The normalized spacial score (nSPS) is 28.0. The van der Waals surface area contributed by atoms with Gasteiger partial charge in [0.25, 0.3) is 0 Å². The predicted octanol–water partition coefficient (Wildman–Crippen LogP) is 3.07. The maximum absolute atomic E-state index is 12.8. The largest absolute Gasteiger partial charge is 0.495 e. The van der Waals surface area contributed by atoms with Gasteiger partial charge in [-0.15, -0.1) is 0 Å². The lowest BCUT2D eigenvalue weighted by molar-refractivity contribution is -0.128. The lowest BCUT2D eigenvalue weighted by Crippen LogP contribution is -2.44. The number of ether oxygens (including phenoxy) is 1. The molecule has 21 heavy (non-hydrogen) atoms. The van der Waals surface area contributed by atoms with Crippen LogP contribution in [0.1, 0.15) is 25.7 Å². The Balaban J connectivity index is 1.78. The van der Waals surface area contributed by atoms with Gasteiger partial charge in [-0.05, 0) is 43.5 Å². The number of hydrogen-bond acceptors (Lipinski definition) is 3. The zero-order valence-corrected chi connectivity index (χ0v) is 13.0. The number of anilines is 1. The average molecular weight is 309 g/mol. The Morgan fingerprint density at radius 1 is 1.48 bits per heavy atom. The van der Waals surface area contributed by atoms with Crippen molar-refractivity contribution in [3.63, 3.8) is 0 Å². The molecular formula is C16H21ClN2O2. The summed E-state index contributed by atoms with van der Waals surface area (Å²) in [6.07, 6.45) is 4.48. The highest BCUT2D eigenvalue weighted by Crippen LogP contribution is 2.44. The molecule has 5 heteroatoms. The molecule has 2 N–H and O–H groups in total. The number of carbonyl (C=O) groups is 1. The molecule has 0 unspecified atom stereocenters. The number of carbonyl (C=O) groups excluding carboxylic acids is 1. The van der Waals surface area contributed by atoms with Crippen molar-refractivity contribution in [3.8, 4) is 5.75 Å². The number of amides is 1. The summed E-state index contributed by atoms with van der Waals surface area (Å²) >= 11 is 6.12. The molecule has 1 aliphatic carbocycles. The molecule has 1 saturated heterocycles. The second kappa shape index (κ2) is 5.85. The lowest BCUT2D eigenvalue weighted by atomic mass is 9.67. The fourth-order valence-corrected chi connectivity index (χ4v) is 3.95. The van der Waals surface area contributed by atoms with Gasteiger partial charge in [0.15, 0.2) is 0 Å². The summed E-state index contributed by atoms with van der Waals surface area (Å²) in [5.41, 5.74) is 0.487. The van der Waals surface area contributed by atoms with E-state index in [1.165, 1.54) is 6.42 Å². The molecule has 1 heterocycles. The minimum Gasteiger partial charge on any atom is -0.495 e. The van der Waals surface area contributed by atoms with Gasteiger partial charge < -0.3 is 15.4 Å². The van der Waals surface area contributed by atoms with Crippen molar-refractivity contribution in [1.29, 1.82) is 0 Å². The maximum atomic E-state index is 12.8. The van der Waals surface area contributed by atoms with Gasteiger partial charge in [-0.3, -0.25) is 4.79 Å². The monoisotopic (exact) mass is 308 g/mol. The van der Waals surface area contributed by atoms with Crippen molar-refractivity contribution in [1.82, 2.24) is 5.32 Å². The summed E-state index contributed by atoms with van der Waals surface area (Å²) in [6, 6.07) is 5.36. The Labute approximate surface area is 130 Å². The molecular weight excluding hydrogens is 288 g/mol. The van der Waals surface area contributed by atoms with Crippen LogP contribution in [0.4, 0.5) is 5.69 Å². The summed E-state index contributed by atoms with van der Waals surface area (Å²) in [4.78, 5) is 12.8. The molecule has 1 aromatic rings. The standard InChI is InChI=1S/C16H21ClN2O2/c1-21-14-6-5-12(8-13(14)17)19-15(20)16-7-3-2-4-11(16)9-18-10-16/h5-6,8,11,18H,2-4,7,9-10H2,1H3,(H,19,20)/t11-,16+/m0/s1. The van der Waals surface area contributed by atoms with Crippen molar-refractivity contribution in [3.05, 3.63) is 23.2 Å². The van der Waals surface area contributed by atoms with Crippen LogP contribution in [-0.2, 0) is 4.79 Å². The SMILES string of the molecule is COc1ccc(NC(=O)[C@@]23CCCC[C@H]2CNC3)cc1Cl. The molecule has 0 bridgehead atoms. The zero-order chi connectivity index (χ0) is 14.9. The molecule has 2 fully saturated rings. The number of methoxy groups -OCH3 is 1. The molecule has 1 aliphatic heterocycles. The van der Waals surface area contributed by atoms with Crippen molar-refractivity contribution in [2.45, 2.75) is 25.7 Å². The van der Waals surface area contributed by atoms with Crippen LogP contribution >= 0.6 is 11.6 Å². The average Bonchev–Trinajstić information content (AvgIpc) is 2.92. The highest BCUT2D eigenvalue weighted by molar-refractivity contribution is 6.32. The first kappa shape index (κ1) is 14.7. The molecule has 0 spiro atoms. The number of benzene rings is 1. The van der Waals surface area contributed by atoms with Gasteiger partial charge in [-0.2, -0.15) is 0 Å². The zero-order valence-electron chi connectivity index (χ0n) is 12.2. The van der Waals surface area contributed by atoms with Gasteiger partial charge >= 0.3 is 0 Å². The second-order valence-corrected chi connectivity index (χ2v) is 6.44. The van der Waals surface area contributed by atoms with Crippen LogP contribution in [0, 0.1) is 11.3 Å². The molecule has 4 nitrogen and oxygen atoms in total. The van der Waals surface area contributed by atoms with E-state index < -0.39 is 0 Å². The van der Waals surface area contributed by atoms with E-state index in [9.17, 15) is 4.79 Å². The van der Waals surface area contributed by atoms with E-state index in [4.69, 9.17) is 16.3 Å². The van der Waals surface area contributed by atoms with E-state index in [0.717, 1.165) is 38.0 Å². The third-order valence-electron chi connectivity index (χ3n) is 4.90. The first-order valence-corrected chi connectivity index (χ1v) is 7.89. The number of nitrogens with one attached hydrogen (secondary N) is 2. The number of hydrogen-bond donors (Lipinski definition) is 2. The summed E-state index contributed by atoms with van der Waals surface area (Å²) in [6.45, 7) is 1.74. The summed E-state index contributed by atoms with van der Waals surface area (Å²) < 4.78 is 5.13. The third kappa shape index (κ3) is 2.62. The molecule has 0 aromatic heterocycles. The molecule has 1 saturated carbocycles. The van der Waals surface area contributed by atoms with Crippen LogP contribution in [0.3, 0.4) is 0 Å². The highest BCUT2D eigenvalue weighted by atomic mass is 35.5. The highest BCUT2D eigenvalue weighted by Gasteiger charge is 2.49. The van der Waals surface area contributed by atoms with Crippen molar-refractivity contribution in [2.24, 2.45) is 11.3 Å². The first-order valence-electron chi connectivity index (χ1n) is 7.51. The molecule has 3 rings (SSSR count). The van der Waals surface area contributed by atoms with E-state index >= 15 is 0 Å². The predicted molar refractivity (Wildman–Crippen MR) is 83.9 cm³/mol. The number of rotatable bonds is 3. The minimum atomic E-state index is -0.245. The van der Waals surface area contributed by atoms with Crippen LogP contribution < -0.4 is 15.4 Å². The number of halogens is 1. The summed E-state index contributed by atoms with van der Waals surface area (Å²) in [7, 11) is 1.58. The Hall–Kier alpha value is -1.26. The van der Waals surface area contributed by atoms with Crippen molar-refractivity contribution < 1.29 is 9.53 Å². The van der Waals surface area contributed by atoms with Crippen LogP contribution in [0.15, 0.2) is 18.2 Å². The minimum absolute atomic E-state index is 0.124. The quantitative estimate of drug-likeness (QED) is 0.902. The van der Waals surface area contributed by atoms with Gasteiger partial charge in [-0.1, -0.05) is 24.4 Å². The van der Waals surface area contributed by atoms with E-state index in [1.807, 2.05) is 6.07 Å². The van der Waals surface area contributed by atoms with E-state index in [0.29, 0.717) is 16.7 Å². The molecule has 114 valence electrons.